The van der Waals surface area contributed by atoms with Crippen molar-refractivity contribution in [3.63, 3.8) is 0 Å². The Morgan fingerprint density at radius 2 is 1.66 bits per heavy atom. The topological polar surface area (TPSA) is 138 Å². The van der Waals surface area contributed by atoms with Gasteiger partial charge >= 0.3 is 0 Å². The quantitative estimate of drug-likeness (QED) is 0.134. The van der Waals surface area contributed by atoms with E-state index >= 15 is 0 Å². The van der Waals surface area contributed by atoms with Crippen LogP contribution in [0.3, 0.4) is 0 Å². The lowest BCUT2D eigenvalue weighted by Gasteiger charge is -2.31. The van der Waals surface area contributed by atoms with Crippen LogP contribution in [0.15, 0.2) is 46.2 Å². The molecule has 2 aliphatic carbocycles. The van der Waals surface area contributed by atoms with E-state index < -0.39 is 40.9 Å². The fourth-order valence-corrected chi connectivity index (χ4v) is 9.24. The molecule has 0 bridgehead atoms. The highest BCUT2D eigenvalue weighted by molar-refractivity contribution is 7.86. The van der Waals surface area contributed by atoms with Gasteiger partial charge in [0.05, 0.1) is 0 Å². The second-order valence-electron chi connectivity index (χ2n) is 14.5. The number of carbonyl (C=O) groups is 1. The van der Waals surface area contributed by atoms with Crippen LogP contribution in [0.2, 0.25) is 0 Å². The maximum absolute atomic E-state index is 13.3. The minimum absolute atomic E-state index is 0.00928. The minimum Gasteiger partial charge on any atom is -0.744 e. The summed E-state index contributed by atoms with van der Waals surface area (Å²) in [6.07, 6.45) is 5.08. The highest BCUT2D eigenvalue weighted by atomic mass is 32.2. The van der Waals surface area contributed by atoms with E-state index in [2.05, 4.69) is 6.92 Å². The van der Waals surface area contributed by atoms with Gasteiger partial charge in [-0.05, 0) is 81.2 Å². The van der Waals surface area contributed by atoms with Gasteiger partial charge in [-0.15, -0.1) is 0 Å². The molecular weight excluding hydrogens is 637 g/mol. The van der Waals surface area contributed by atoms with Gasteiger partial charge in [0.2, 0.25) is 0 Å². The lowest BCUT2D eigenvalue weighted by molar-refractivity contribution is 0.0979. The van der Waals surface area contributed by atoms with Crippen LogP contribution < -0.4 is 15.2 Å². The van der Waals surface area contributed by atoms with Gasteiger partial charge < -0.3 is 9.29 Å². The van der Waals surface area contributed by atoms with E-state index in [1.807, 2.05) is 53.7 Å². The molecule has 2 unspecified atom stereocenters. The first-order chi connectivity index (χ1) is 21.8. The fourth-order valence-electron chi connectivity index (χ4n) is 7.52. The first-order valence-corrected chi connectivity index (χ1v) is 19.0. The van der Waals surface area contributed by atoms with Crippen LogP contribution in [0.5, 0.6) is 11.5 Å². The van der Waals surface area contributed by atoms with Crippen molar-refractivity contribution in [1.82, 2.24) is 0 Å². The van der Waals surface area contributed by atoms with Gasteiger partial charge in [0.1, 0.15) is 19.9 Å². The first kappa shape index (κ1) is 33.6. The Hall–Kier alpha value is -3.31. The zero-order valence-corrected chi connectivity index (χ0v) is 29.5. The molecule has 3 aliphatic rings. The molecule has 0 fully saturated rings. The van der Waals surface area contributed by atoms with E-state index in [0.29, 0.717) is 51.5 Å². The molecule has 6 rings (SSSR count). The lowest BCUT2D eigenvalue weighted by Crippen LogP contribution is -2.32. The largest absolute Gasteiger partial charge is 0.744 e. The van der Waals surface area contributed by atoms with Crippen LogP contribution in [-0.2, 0) is 37.5 Å². The van der Waals surface area contributed by atoms with Crippen molar-refractivity contribution in [2.45, 2.75) is 101 Å². The van der Waals surface area contributed by atoms with E-state index in [-0.39, 0.29) is 34.3 Å². The smallest absolute Gasteiger partial charge is 0.298 e. The molecule has 0 spiro atoms. The highest BCUT2D eigenvalue weighted by Gasteiger charge is 2.44. The van der Waals surface area contributed by atoms with Gasteiger partial charge in [0, 0.05) is 28.3 Å². The number of carbonyl (C=O) groups excluding carboxylic acids is 1. The molecule has 0 saturated heterocycles. The number of benzene rings is 3. The van der Waals surface area contributed by atoms with Gasteiger partial charge in [-0.1, -0.05) is 85.6 Å². The number of hydrogen-bond acceptors (Lipinski definition) is 7. The molecule has 1 N–H and O–H groups in total. The molecule has 47 heavy (non-hydrogen) atoms. The molecule has 2 atom stereocenters. The van der Waals surface area contributed by atoms with Gasteiger partial charge in [0.15, 0.2) is 17.3 Å². The average Bonchev–Trinajstić information content (AvgIpc) is 3.33. The zero-order chi connectivity index (χ0) is 34.4. The summed E-state index contributed by atoms with van der Waals surface area (Å²) in [7, 11) is -10.1. The van der Waals surface area contributed by atoms with E-state index in [9.17, 15) is 30.7 Å². The van der Waals surface area contributed by atoms with Gasteiger partial charge in [0.25, 0.3) is 10.1 Å². The summed E-state index contributed by atoms with van der Waals surface area (Å²) in [5.41, 5.74) is 2.53. The van der Waals surface area contributed by atoms with E-state index in [1.165, 1.54) is 0 Å². The molecule has 250 valence electrons. The standard InChI is InChI=1S/C37H42O8S2/c1-8-9-10-14-30(38)22-12-11-13-23(17-22)31-26-18-28-24(15-20(2)36(28,4)5)34(46(39,40)41)32(26)45-33-27(31)19-29-25(35(33)47(42,43)44)16-21(3)37(29,6)7/h11-13,15,17-21H,8-10,14,16H2,1-7H3,(H,39,40,41)(H,42,43,44)/p-1. The summed E-state index contributed by atoms with van der Waals surface area (Å²) >= 11 is 0. The molecular formula is C37H41O8S2-. The minimum atomic E-state index is -5.16. The Morgan fingerprint density at radius 3 is 2.30 bits per heavy atom. The summed E-state index contributed by atoms with van der Waals surface area (Å²) in [6, 6.07) is 10.7. The van der Waals surface area contributed by atoms with Crippen LogP contribution in [0, 0.1) is 11.8 Å². The maximum Gasteiger partial charge on any atom is 0.298 e. The molecule has 3 aromatic rings. The second kappa shape index (κ2) is 11.1. The third kappa shape index (κ3) is 5.28. The van der Waals surface area contributed by atoms with Crippen LogP contribution >= 0.6 is 0 Å². The van der Waals surface area contributed by atoms with E-state index in [4.69, 9.17) is 4.74 Å². The highest BCUT2D eigenvalue weighted by Crippen LogP contribution is 2.52. The van der Waals surface area contributed by atoms with Crippen molar-refractivity contribution in [3.8, 4) is 11.5 Å². The van der Waals surface area contributed by atoms with Crippen molar-refractivity contribution in [3.05, 3.63) is 80.2 Å². The van der Waals surface area contributed by atoms with E-state index in [1.54, 1.807) is 30.3 Å². The van der Waals surface area contributed by atoms with E-state index in [0.717, 1.165) is 24.8 Å². The van der Waals surface area contributed by atoms with Gasteiger partial charge in [-0.3, -0.25) is 9.35 Å². The molecule has 1 heterocycles. The van der Waals surface area contributed by atoms with Crippen LogP contribution in [0.4, 0.5) is 0 Å². The number of Topliss-reactive ketones (excluding diaryl/α,β-unsaturated/α-hetero) is 1. The summed E-state index contributed by atoms with van der Waals surface area (Å²) < 4.78 is 82.9. The van der Waals surface area contributed by atoms with Crippen molar-refractivity contribution < 1.29 is 35.5 Å². The monoisotopic (exact) mass is 677 g/mol. The van der Waals surface area contributed by atoms with Gasteiger partial charge in [-0.2, -0.15) is 8.42 Å². The average molecular weight is 678 g/mol. The third-order valence-electron chi connectivity index (χ3n) is 11.0. The SMILES string of the molecule is CCCCCC(=O)c1cccc(C2=c3cc4c(c(S(=O)(=O)[O-])c3Oc3c2cc2c(c3S(=O)(=O)O)CC(C)C2(C)C)=CC(C)C4(C)C)c1. The van der Waals surface area contributed by atoms with Crippen molar-refractivity contribution >= 4 is 37.7 Å². The molecule has 0 radical (unpaired) electrons. The fraction of sp³-hybridized carbons (Fsp3) is 0.432. The molecule has 10 heteroatoms. The van der Waals surface area contributed by atoms with Crippen molar-refractivity contribution in [2.24, 2.45) is 11.8 Å². The van der Waals surface area contributed by atoms with Gasteiger partial charge in [-0.25, -0.2) is 8.42 Å². The number of unbranched alkanes of at least 4 members (excludes halogenated alkanes) is 2. The summed E-state index contributed by atoms with van der Waals surface area (Å²) in [5, 5.41) is 0.546. The molecule has 0 amide bonds. The summed E-state index contributed by atoms with van der Waals surface area (Å²) in [6.45, 7) is 14.0. The predicted octanol–water partition coefficient (Wildman–Crippen LogP) is 6.13. The molecule has 0 aromatic heterocycles. The molecule has 8 nitrogen and oxygen atoms in total. The predicted molar refractivity (Wildman–Crippen MR) is 179 cm³/mol. The number of hydrogen-bond donors (Lipinski definition) is 1. The van der Waals surface area contributed by atoms with Crippen molar-refractivity contribution in [2.75, 3.05) is 0 Å². The molecule has 3 aromatic carbocycles. The van der Waals surface area contributed by atoms with Crippen LogP contribution in [-0.4, -0.2) is 31.7 Å². The molecule has 1 aliphatic heterocycles. The Morgan fingerprint density at radius 1 is 0.957 bits per heavy atom. The van der Waals surface area contributed by atoms with Crippen molar-refractivity contribution in [1.29, 1.82) is 0 Å². The Kier molecular flexibility index (Phi) is 7.95. The summed E-state index contributed by atoms with van der Waals surface area (Å²) in [5.74, 6) is -0.672. The number of ether oxygens (including phenoxy) is 1. The Bertz CT molecular complexity index is 2210. The molecule has 0 saturated carbocycles. The number of rotatable bonds is 8. The maximum atomic E-state index is 13.3. The second-order valence-corrected chi connectivity index (χ2v) is 17.2. The third-order valence-corrected chi connectivity index (χ3v) is 12.9. The Labute approximate surface area is 277 Å². The van der Waals surface area contributed by atoms with Crippen LogP contribution in [0.25, 0.3) is 11.6 Å². The van der Waals surface area contributed by atoms with Crippen LogP contribution in [0.1, 0.15) is 112 Å². The number of ketones is 1. The lowest BCUT2D eigenvalue weighted by atomic mass is 9.77. The summed E-state index contributed by atoms with van der Waals surface area (Å²) in [4.78, 5) is 12.3. The first-order valence-electron chi connectivity index (χ1n) is 16.2. The Balaban J connectivity index is 1.81. The normalized spacial score (nSPS) is 20.5. The number of fused-ring (bicyclic) bond motifs is 4. The zero-order valence-electron chi connectivity index (χ0n) is 27.9.